The summed E-state index contributed by atoms with van der Waals surface area (Å²) in [6, 6.07) is 11.4. The van der Waals surface area contributed by atoms with E-state index >= 15 is 0 Å². The summed E-state index contributed by atoms with van der Waals surface area (Å²) in [5.74, 6) is -0.293. The van der Waals surface area contributed by atoms with Crippen LogP contribution in [0.4, 0.5) is 0 Å². The normalized spacial score (nSPS) is 17.1. The lowest BCUT2D eigenvalue weighted by Crippen LogP contribution is -2.44. The molecule has 134 valence electrons. The Kier molecular flexibility index (Phi) is 5.88. The summed E-state index contributed by atoms with van der Waals surface area (Å²) < 4.78 is 28.0. The number of benzene rings is 1. The van der Waals surface area contributed by atoms with Crippen LogP contribution < -0.4 is 10.0 Å². The third kappa shape index (κ3) is 4.68. The highest BCUT2D eigenvalue weighted by atomic mass is 32.2. The first-order chi connectivity index (χ1) is 12.1. The number of amides is 1. The van der Waals surface area contributed by atoms with Crippen LogP contribution in [0.25, 0.3) is 0 Å². The number of carbonyl (C=O) groups is 1. The number of carbonyl (C=O) groups excluding carboxylic acids is 1. The maximum Gasteiger partial charge on any atom is 0.251 e. The summed E-state index contributed by atoms with van der Waals surface area (Å²) in [5, 5.41) is 4.73. The Labute approximate surface area is 152 Å². The highest BCUT2D eigenvalue weighted by molar-refractivity contribution is 7.91. The van der Waals surface area contributed by atoms with Gasteiger partial charge in [0.25, 0.3) is 10.0 Å². The molecule has 2 aromatic rings. The van der Waals surface area contributed by atoms with Gasteiger partial charge in [-0.3, -0.25) is 4.79 Å². The minimum atomic E-state index is -3.74. The van der Waals surface area contributed by atoms with E-state index in [-0.39, 0.29) is 16.2 Å². The first-order valence-corrected chi connectivity index (χ1v) is 10.8. The van der Waals surface area contributed by atoms with Crippen molar-refractivity contribution in [1.29, 1.82) is 0 Å². The van der Waals surface area contributed by atoms with Gasteiger partial charge in [0.1, 0.15) is 10.3 Å². The molecular formula is C18H22N2O3S2. The Morgan fingerprint density at radius 2 is 1.76 bits per heavy atom. The van der Waals surface area contributed by atoms with E-state index in [1.54, 1.807) is 35.7 Å². The van der Waals surface area contributed by atoms with Gasteiger partial charge in [-0.05, 0) is 29.9 Å². The van der Waals surface area contributed by atoms with Crippen LogP contribution >= 0.6 is 11.3 Å². The van der Waals surface area contributed by atoms with E-state index in [0.717, 1.165) is 37.0 Å². The predicted octanol–water partition coefficient (Wildman–Crippen LogP) is 3.22. The molecule has 1 aliphatic rings. The van der Waals surface area contributed by atoms with Gasteiger partial charge in [-0.25, -0.2) is 8.42 Å². The fourth-order valence-electron chi connectivity index (χ4n) is 3.08. The maximum absolute atomic E-state index is 12.8. The van der Waals surface area contributed by atoms with Crippen LogP contribution in [0.1, 0.15) is 43.7 Å². The molecule has 0 saturated heterocycles. The molecule has 0 radical (unpaired) electrons. The predicted molar refractivity (Wildman–Crippen MR) is 98.8 cm³/mol. The molecule has 0 aliphatic heterocycles. The number of sulfonamides is 1. The Bertz CT molecular complexity index is 783. The molecule has 1 aromatic heterocycles. The molecule has 0 spiro atoms. The van der Waals surface area contributed by atoms with Crippen molar-refractivity contribution in [3.63, 3.8) is 0 Å². The minimum absolute atomic E-state index is 0.124. The van der Waals surface area contributed by atoms with Crippen molar-refractivity contribution >= 4 is 27.3 Å². The van der Waals surface area contributed by atoms with E-state index in [1.165, 1.54) is 12.5 Å². The van der Waals surface area contributed by atoms with Crippen molar-refractivity contribution < 1.29 is 13.2 Å². The van der Waals surface area contributed by atoms with Crippen molar-refractivity contribution in [2.45, 2.75) is 48.4 Å². The van der Waals surface area contributed by atoms with Gasteiger partial charge in [0.05, 0.1) is 0 Å². The molecule has 7 heteroatoms. The van der Waals surface area contributed by atoms with E-state index in [9.17, 15) is 13.2 Å². The van der Waals surface area contributed by atoms with E-state index in [4.69, 9.17) is 0 Å². The van der Waals surface area contributed by atoms with Crippen LogP contribution in [-0.2, 0) is 14.8 Å². The zero-order chi connectivity index (χ0) is 17.7. The molecule has 1 aliphatic carbocycles. The first kappa shape index (κ1) is 18.1. The van der Waals surface area contributed by atoms with Crippen LogP contribution in [0.5, 0.6) is 0 Å². The average Bonchev–Trinajstić information content (AvgIpc) is 3.17. The van der Waals surface area contributed by atoms with Crippen molar-refractivity contribution in [1.82, 2.24) is 10.0 Å². The lowest BCUT2D eigenvalue weighted by molar-refractivity contribution is -0.123. The lowest BCUT2D eigenvalue weighted by atomic mass is 9.95. The second-order valence-electron chi connectivity index (χ2n) is 6.24. The summed E-state index contributed by atoms with van der Waals surface area (Å²) in [6.07, 6.45) is 5.29. The smallest absolute Gasteiger partial charge is 0.251 e. The monoisotopic (exact) mass is 378 g/mol. The summed E-state index contributed by atoms with van der Waals surface area (Å²) in [5.41, 5.74) is 0.635. The molecule has 5 nitrogen and oxygen atoms in total. The second kappa shape index (κ2) is 8.12. The third-order valence-electron chi connectivity index (χ3n) is 4.38. The molecule has 1 amide bonds. The molecular weight excluding hydrogens is 356 g/mol. The highest BCUT2D eigenvalue weighted by Crippen LogP contribution is 2.22. The number of thiophene rings is 1. The van der Waals surface area contributed by atoms with E-state index in [0.29, 0.717) is 5.56 Å². The van der Waals surface area contributed by atoms with Gasteiger partial charge in [-0.2, -0.15) is 4.72 Å². The van der Waals surface area contributed by atoms with Gasteiger partial charge < -0.3 is 5.32 Å². The van der Waals surface area contributed by atoms with Crippen molar-refractivity contribution in [2.24, 2.45) is 0 Å². The number of hydrogen-bond donors (Lipinski definition) is 2. The average molecular weight is 379 g/mol. The standard InChI is InChI=1S/C18H22N2O3S2/c21-18(19-15-10-5-2-6-11-15)17(14-8-3-1-4-9-14)20-25(22,23)16-12-7-13-24-16/h1,3-4,7-9,12-13,15,17,20H,2,5-6,10-11H2,(H,19,21). The summed E-state index contributed by atoms with van der Waals surface area (Å²) in [6.45, 7) is 0. The zero-order valence-corrected chi connectivity index (χ0v) is 15.5. The van der Waals surface area contributed by atoms with Crippen LogP contribution in [0, 0.1) is 0 Å². The van der Waals surface area contributed by atoms with Crippen LogP contribution in [-0.4, -0.2) is 20.4 Å². The second-order valence-corrected chi connectivity index (χ2v) is 9.13. The molecule has 25 heavy (non-hydrogen) atoms. The Balaban J connectivity index is 1.81. The van der Waals surface area contributed by atoms with Gasteiger partial charge in [-0.1, -0.05) is 55.7 Å². The van der Waals surface area contributed by atoms with Gasteiger partial charge in [0, 0.05) is 6.04 Å². The Morgan fingerprint density at radius 1 is 1.04 bits per heavy atom. The topological polar surface area (TPSA) is 75.3 Å². The Hall–Kier alpha value is -1.70. The Morgan fingerprint density at radius 3 is 2.40 bits per heavy atom. The fraction of sp³-hybridized carbons (Fsp3) is 0.389. The van der Waals surface area contributed by atoms with Gasteiger partial charge in [-0.15, -0.1) is 11.3 Å². The largest absolute Gasteiger partial charge is 0.352 e. The van der Waals surface area contributed by atoms with Gasteiger partial charge in [0.2, 0.25) is 5.91 Å². The molecule has 0 bridgehead atoms. The highest BCUT2D eigenvalue weighted by Gasteiger charge is 2.29. The van der Waals surface area contributed by atoms with E-state index < -0.39 is 16.1 Å². The molecule has 1 aromatic carbocycles. The van der Waals surface area contributed by atoms with Crippen LogP contribution in [0.2, 0.25) is 0 Å². The SMILES string of the molecule is O=C(NC1CCCCC1)C(NS(=O)(=O)c1cccs1)c1ccccc1. The molecule has 2 N–H and O–H groups in total. The van der Waals surface area contributed by atoms with Gasteiger partial charge in [0.15, 0.2) is 0 Å². The van der Waals surface area contributed by atoms with Crippen LogP contribution in [0.3, 0.4) is 0 Å². The zero-order valence-electron chi connectivity index (χ0n) is 13.9. The third-order valence-corrected chi connectivity index (χ3v) is 7.20. The molecule has 3 rings (SSSR count). The fourth-order valence-corrected chi connectivity index (χ4v) is 5.27. The summed E-state index contributed by atoms with van der Waals surface area (Å²) >= 11 is 1.13. The van der Waals surface area contributed by atoms with Crippen molar-refractivity contribution in [3.05, 3.63) is 53.4 Å². The summed E-state index contributed by atoms with van der Waals surface area (Å²) in [4.78, 5) is 12.8. The quantitative estimate of drug-likeness (QED) is 0.810. The molecule has 1 unspecified atom stereocenters. The first-order valence-electron chi connectivity index (χ1n) is 8.47. The molecule has 1 fully saturated rings. The van der Waals surface area contributed by atoms with Crippen LogP contribution in [0.15, 0.2) is 52.1 Å². The number of nitrogens with one attached hydrogen (secondary N) is 2. The number of rotatable bonds is 6. The molecule has 1 heterocycles. The van der Waals surface area contributed by atoms with Gasteiger partial charge >= 0.3 is 0 Å². The van der Waals surface area contributed by atoms with E-state index in [1.807, 2.05) is 6.07 Å². The summed E-state index contributed by atoms with van der Waals surface area (Å²) in [7, 11) is -3.74. The lowest BCUT2D eigenvalue weighted by Gasteiger charge is -2.26. The number of hydrogen-bond acceptors (Lipinski definition) is 4. The van der Waals surface area contributed by atoms with Crippen molar-refractivity contribution in [3.8, 4) is 0 Å². The molecule has 1 atom stereocenters. The van der Waals surface area contributed by atoms with Crippen molar-refractivity contribution in [2.75, 3.05) is 0 Å². The van der Waals surface area contributed by atoms with E-state index in [2.05, 4.69) is 10.0 Å². The maximum atomic E-state index is 12.8. The minimum Gasteiger partial charge on any atom is -0.352 e. The molecule has 1 saturated carbocycles.